The molecule has 0 radical (unpaired) electrons. The van der Waals surface area contributed by atoms with E-state index in [4.69, 9.17) is 0 Å². The van der Waals surface area contributed by atoms with Gasteiger partial charge in [0.1, 0.15) is 0 Å². The summed E-state index contributed by atoms with van der Waals surface area (Å²) in [6, 6.07) is 65.9. The molecule has 0 N–H and O–H groups in total. The number of rotatable bonds is 2. The summed E-state index contributed by atoms with van der Waals surface area (Å²) >= 11 is 1.88. The van der Waals surface area contributed by atoms with Gasteiger partial charge in [0.05, 0.1) is 16.4 Å². The molecule has 2 heterocycles. The van der Waals surface area contributed by atoms with Crippen molar-refractivity contribution in [3.05, 3.63) is 198 Å². The molecule has 0 saturated carbocycles. The van der Waals surface area contributed by atoms with Crippen LogP contribution in [-0.4, -0.2) is 4.57 Å². The van der Waals surface area contributed by atoms with Gasteiger partial charge in [0.2, 0.25) is 0 Å². The summed E-state index contributed by atoms with van der Waals surface area (Å²) in [6.45, 7) is 0. The fraction of sp³-hybridized carbons (Fsp3) is 0.0204. The highest BCUT2D eigenvalue weighted by atomic mass is 32.1. The predicted octanol–water partition coefficient (Wildman–Crippen LogP) is 13.2. The van der Waals surface area contributed by atoms with Crippen LogP contribution in [-0.2, 0) is 5.41 Å². The first-order valence-corrected chi connectivity index (χ1v) is 18.5. The Morgan fingerprint density at radius 2 is 1.04 bits per heavy atom. The van der Waals surface area contributed by atoms with Crippen molar-refractivity contribution in [1.82, 2.24) is 4.57 Å². The molecule has 0 bridgehead atoms. The van der Waals surface area contributed by atoms with Crippen molar-refractivity contribution >= 4 is 53.3 Å². The smallest absolute Gasteiger partial charge is 0.0726 e. The lowest BCUT2D eigenvalue weighted by Gasteiger charge is -2.30. The van der Waals surface area contributed by atoms with Crippen molar-refractivity contribution in [1.29, 1.82) is 0 Å². The summed E-state index contributed by atoms with van der Waals surface area (Å²) in [7, 11) is 0. The Kier molecular flexibility index (Phi) is 5.38. The Balaban J connectivity index is 1.26. The van der Waals surface area contributed by atoms with Gasteiger partial charge in [-0.05, 0) is 86.5 Å². The molecule has 51 heavy (non-hydrogen) atoms. The predicted molar refractivity (Wildman–Crippen MR) is 215 cm³/mol. The van der Waals surface area contributed by atoms with Crippen LogP contribution >= 0.6 is 11.3 Å². The monoisotopic (exact) mass is 663 g/mol. The molecule has 0 saturated heterocycles. The average Bonchev–Trinajstić information content (AvgIpc) is 3.91. The summed E-state index contributed by atoms with van der Waals surface area (Å²) < 4.78 is 5.21. The van der Waals surface area contributed by atoms with Gasteiger partial charge in [-0.15, -0.1) is 11.3 Å². The lowest BCUT2D eigenvalue weighted by Crippen LogP contribution is -2.25. The molecule has 1 spiro atoms. The molecular weight excluding hydrogens is 635 g/mol. The Bertz CT molecular complexity index is 3040. The zero-order valence-corrected chi connectivity index (χ0v) is 28.4. The molecule has 2 aromatic heterocycles. The highest BCUT2D eigenvalue weighted by molar-refractivity contribution is 7.25. The maximum absolute atomic E-state index is 2.56. The highest BCUT2D eigenvalue weighted by Crippen LogP contribution is 2.64. The molecule has 0 atom stereocenters. The third-order valence-corrected chi connectivity index (χ3v) is 12.8. The largest absolute Gasteiger partial charge is 0.309 e. The molecule has 2 heteroatoms. The minimum Gasteiger partial charge on any atom is -0.309 e. The van der Waals surface area contributed by atoms with Gasteiger partial charge in [-0.1, -0.05) is 140 Å². The number of fused-ring (bicyclic) bond motifs is 17. The zero-order valence-electron chi connectivity index (χ0n) is 27.6. The number of aromatic nitrogens is 1. The van der Waals surface area contributed by atoms with E-state index in [9.17, 15) is 0 Å². The van der Waals surface area contributed by atoms with Crippen LogP contribution in [0.5, 0.6) is 0 Å². The van der Waals surface area contributed by atoms with Crippen LogP contribution in [0.4, 0.5) is 0 Å². The zero-order chi connectivity index (χ0) is 33.3. The summed E-state index contributed by atoms with van der Waals surface area (Å²) in [5.74, 6) is 0. The van der Waals surface area contributed by atoms with Crippen molar-refractivity contribution < 1.29 is 0 Å². The van der Waals surface area contributed by atoms with Crippen molar-refractivity contribution in [3.63, 3.8) is 0 Å². The highest BCUT2D eigenvalue weighted by Gasteiger charge is 2.52. The molecular formula is C49H29NS. The lowest BCUT2D eigenvalue weighted by atomic mass is 9.70. The van der Waals surface area contributed by atoms with Gasteiger partial charge in [0, 0.05) is 42.2 Å². The van der Waals surface area contributed by atoms with Gasteiger partial charge in [-0.2, -0.15) is 0 Å². The Hall–Kier alpha value is -6.22. The summed E-state index contributed by atoms with van der Waals surface area (Å²) in [4.78, 5) is 0. The van der Waals surface area contributed by atoms with Gasteiger partial charge >= 0.3 is 0 Å². The first-order valence-electron chi connectivity index (χ1n) is 17.7. The second kappa shape index (κ2) is 9.94. The van der Waals surface area contributed by atoms with Crippen LogP contribution in [0.15, 0.2) is 176 Å². The first-order chi connectivity index (χ1) is 25.3. The van der Waals surface area contributed by atoms with E-state index >= 15 is 0 Å². The van der Waals surface area contributed by atoms with E-state index in [2.05, 4.69) is 180 Å². The summed E-state index contributed by atoms with van der Waals surface area (Å²) in [5, 5.41) is 5.19. The standard InChI is InChI=1S/C49H29NS/c1-2-12-30(13-3-1)31-22-26-44-38(28-31)36-24-25-43-47(48(36)50(44)32-23-27-46-39(29-32)35-16-7-11-21-45(35)51-46)37-17-6-10-20-42(37)49(43)40-18-8-4-14-33(40)34-15-5-9-19-41(34)49/h1-29H. The third kappa shape index (κ3) is 3.45. The van der Waals surface area contributed by atoms with Gasteiger partial charge < -0.3 is 4.57 Å². The van der Waals surface area contributed by atoms with Crippen LogP contribution in [0.2, 0.25) is 0 Å². The maximum Gasteiger partial charge on any atom is 0.0726 e. The molecule has 1 nitrogen and oxygen atoms in total. The molecule has 236 valence electrons. The van der Waals surface area contributed by atoms with Gasteiger partial charge in [0.15, 0.2) is 0 Å². The Morgan fingerprint density at radius 1 is 0.392 bits per heavy atom. The van der Waals surface area contributed by atoms with Gasteiger partial charge in [-0.25, -0.2) is 0 Å². The number of hydrogen-bond acceptors (Lipinski definition) is 1. The van der Waals surface area contributed by atoms with Gasteiger partial charge in [0.25, 0.3) is 0 Å². The average molecular weight is 664 g/mol. The van der Waals surface area contributed by atoms with Crippen LogP contribution in [0.1, 0.15) is 22.3 Å². The molecule has 0 fully saturated rings. The lowest BCUT2D eigenvalue weighted by molar-refractivity contribution is 0.794. The van der Waals surface area contributed by atoms with Gasteiger partial charge in [-0.3, -0.25) is 0 Å². The number of nitrogens with zero attached hydrogens (tertiary/aromatic N) is 1. The van der Waals surface area contributed by atoms with Crippen molar-refractivity contribution in [2.24, 2.45) is 0 Å². The van der Waals surface area contributed by atoms with E-state index in [1.165, 1.54) is 103 Å². The van der Waals surface area contributed by atoms with Crippen molar-refractivity contribution in [2.45, 2.75) is 5.41 Å². The molecule has 2 aliphatic rings. The molecule has 10 aromatic rings. The fourth-order valence-electron chi connectivity index (χ4n) is 9.61. The Labute approximate surface area is 299 Å². The van der Waals surface area contributed by atoms with E-state index in [1.807, 2.05) is 11.3 Å². The van der Waals surface area contributed by atoms with Crippen LogP contribution in [0.25, 0.3) is 81.0 Å². The molecule has 12 rings (SSSR count). The quantitative estimate of drug-likeness (QED) is 0.173. The second-order valence-electron chi connectivity index (χ2n) is 14.0. The fourth-order valence-corrected chi connectivity index (χ4v) is 10.7. The van der Waals surface area contributed by atoms with Crippen LogP contribution in [0, 0.1) is 0 Å². The van der Waals surface area contributed by atoms with Crippen molar-refractivity contribution in [3.8, 4) is 39.1 Å². The number of benzene rings is 8. The summed E-state index contributed by atoms with van der Waals surface area (Å²) in [5.41, 5.74) is 16.6. The normalized spacial score (nSPS) is 13.6. The van der Waals surface area contributed by atoms with E-state index in [-0.39, 0.29) is 0 Å². The third-order valence-electron chi connectivity index (χ3n) is 11.6. The van der Waals surface area contributed by atoms with E-state index in [1.54, 1.807) is 0 Å². The number of thiophene rings is 1. The molecule has 0 amide bonds. The SMILES string of the molecule is c1ccc(-c2ccc3c(c2)c2ccc4c(c2n3-c2ccc3sc5ccccc5c3c2)-c2ccccc2C42c3ccccc3-c3ccccc32)cc1. The van der Waals surface area contributed by atoms with Crippen LogP contribution in [0.3, 0.4) is 0 Å². The van der Waals surface area contributed by atoms with E-state index < -0.39 is 5.41 Å². The number of hydrogen-bond donors (Lipinski definition) is 0. The second-order valence-corrected chi connectivity index (χ2v) is 15.1. The molecule has 8 aromatic carbocycles. The molecule has 0 unspecified atom stereocenters. The molecule has 2 aliphatic carbocycles. The minimum atomic E-state index is -0.392. The van der Waals surface area contributed by atoms with E-state index in [0.717, 1.165) is 0 Å². The topological polar surface area (TPSA) is 4.93 Å². The first kappa shape index (κ1) is 27.6. The molecule has 0 aliphatic heterocycles. The maximum atomic E-state index is 2.56. The van der Waals surface area contributed by atoms with Crippen molar-refractivity contribution in [2.75, 3.05) is 0 Å². The van der Waals surface area contributed by atoms with E-state index in [0.29, 0.717) is 0 Å². The minimum absolute atomic E-state index is 0.392. The Morgan fingerprint density at radius 3 is 1.82 bits per heavy atom. The van der Waals surface area contributed by atoms with Crippen LogP contribution < -0.4 is 0 Å². The summed E-state index contributed by atoms with van der Waals surface area (Å²) in [6.07, 6.45) is 0.